The summed E-state index contributed by atoms with van der Waals surface area (Å²) in [7, 11) is 0. The number of nitrogen functional groups attached to an aromatic ring is 1. The number of amides is 1. The Morgan fingerprint density at radius 2 is 1.90 bits per heavy atom. The van der Waals surface area contributed by atoms with Gasteiger partial charge in [0, 0.05) is 12.1 Å². The predicted octanol–water partition coefficient (Wildman–Crippen LogP) is 3.27. The molecule has 5 nitrogen and oxygen atoms in total. The van der Waals surface area contributed by atoms with E-state index in [1.165, 1.54) is 24.6 Å². The largest absolute Gasteiger partial charge is 0.478 e. The number of carbonyl (C=O) groups excluding carboxylic acids is 1. The first-order chi connectivity index (χ1) is 9.54. The number of nitrogens with two attached hydrogens (primary N) is 1. The highest BCUT2D eigenvalue weighted by molar-refractivity contribution is 6.01. The monoisotopic (exact) mass is 278 g/mol. The maximum absolute atomic E-state index is 11.8. The molecule has 0 spiro atoms. The van der Waals surface area contributed by atoms with Gasteiger partial charge in [-0.25, -0.2) is 4.79 Å². The van der Waals surface area contributed by atoms with Crippen LogP contribution in [0.2, 0.25) is 0 Å². The summed E-state index contributed by atoms with van der Waals surface area (Å²) >= 11 is 0. The van der Waals surface area contributed by atoms with Crippen LogP contribution < -0.4 is 11.1 Å². The number of anilines is 2. The Labute approximate surface area is 119 Å². The first-order valence-corrected chi connectivity index (χ1v) is 6.97. The number of hydrogen-bond donors (Lipinski definition) is 3. The fraction of sp³-hybridized carbons (Fsp3) is 0.467. The van der Waals surface area contributed by atoms with Crippen LogP contribution in [0.1, 0.15) is 55.8 Å². The average Bonchev–Trinajstić information content (AvgIpc) is 2.38. The average molecular weight is 278 g/mol. The zero-order chi connectivity index (χ0) is 15.0. The minimum absolute atomic E-state index is 0.0542. The molecule has 20 heavy (non-hydrogen) atoms. The van der Waals surface area contributed by atoms with E-state index < -0.39 is 5.97 Å². The molecule has 0 bridgehead atoms. The van der Waals surface area contributed by atoms with Crippen LogP contribution >= 0.6 is 0 Å². The van der Waals surface area contributed by atoms with Gasteiger partial charge in [0.25, 0.3) is 0 Å². The zero-order valence-electron chi connectivity index (χ0n) is 11.8. The van der Waals surface area contributed by atoms with Gasteiger partial charge in [-0.15, -0.1) is 0 Å². The molecule has 1 aromatic carbocycles. The van der Waals surface area contributed by atoms with Gasteiger partial charge in [0.2, 0.25) is 5.91 Å². The normalized spacial score (nSPS) is 10.2. The highest BCUT2D eigenvalue weighted by atomic mass is 16.4. The first-order valence-electron chi connectivity index (χ1n) is 6.97. The smallest absolute Gasteiger partial charge is 0.337 e. The summed E-state index contributed by atoms with van der Waals surface area (Å²) < 4.78 is 0. The van der Waals surface area contributed by atoms with Crippen LogP contribution in [0, 0.1) is 0 Å². The highest BCUT2D eigenvalue weighted by Crippen LogP contribution is 2.20. The number of rotatable bonds is 8. The minimum Gasteiger partial charge on any atom is -0.478 e. The van der Waals surface area contributed by atoms with Crippen LogP contribution in [0.5, 0.6) is 0 Å². The first kappa shape index (κ1) is 16.0. The van der Waals surface area contributed by atoms with Gasteiger partial charge in [-0.1, -0.05) is 32.6 Å². The van der Waals surface area contributed by atoms with E-state index in [-0.39, 0.29) is 17.2 Å². The molecule has 0 atom stereocenters. The van der Waals surface area contributed by atoms with Gasteiger partial charge in [0.1, 0.15) is 0 Å². The van der Waals surface area contributed by atoms with Crippen molar-refractivity contribution >= 4 is 23.3 Å². The molecule has 0 saturated heterocycles. The van der Waals surface area contributed by atoms with Gasteiger partial charge in [0.15, 0.2) is 0 Å². The van der Waals surface area contributed by atoms with Crippen molar-refractivity contribution in [3.63, 3.8) is 0 Å². The maximum Gasteiger partial charge on any atom is 0.337 e. The summed E-state index contributed by atoms with van der Waals surface area (Å²) in [6, 6.07) is 4.37. The SMILES string of the molecule is CCCCCCCC(=O)Nc1cc(N)ccc1C(=O)O. The lowest BCUT2D eigenvalue weighted by molar-refractivity contribution is -0.116. The predicted molar refractivity (Wildman–Crippen MR) is 79.8 cm³/mol. The van der Waals surface area contributed by atoms with Crippen LogP contribution in [0.3, 0.4) is 0 Å². The molecular weight excluding hydrogens is 256 g/mol. The van der Waals surface area contributed by atoms with Gasteiger partial charge in [-0.2, -0.15) is 0 Å². The van der Waals surface area contributed by atoms with Crippen molar-refractivity contribution in [2.24, 2.45) is 0 Å². The number of carboxylic acid groups (broad SMARTS) is 1. The molecule has 5 heteroatoms. The molecule has 0 fully saturated rings. The van der Waals surface area contributed by atoms with Crippen molar-refractivity contribution in [3.05, 3.63) is 23.8 Å². The third kappa shape index (κ3) is 5.30. The number of hydrogen-bond acceptors (Lipinski definition) is 3. The number of aromatic carboxylic acids is 1. The van der Waals surface area contributed by atoms with Gasteiger partial charge in [-0.3, -0.25) is 4.79 Å². The molecule has 1 aromatic rings. The number of carboxylic acids is 1. The van der Waals surface area contributed by atoms with E-state index in [0.717, 1.165) is 25.7 Å². The molecule has 0 unspecified atom stereocenters. The van der Waals surface area contributed by atoms with Crippen LogP contribution in [-0.2, 0) is 4.79 Å². The van der Waals surface area contributed by atoms with E-state index >= 15 is 0 Å². The third-order valence-electron chi connectivity index (χ3n) is 3.06. The second kappa shape index (κ2) is 8.19. The van der Waals surface area contributed by atoms with E-state index in [1.807, 2.05) is 0 Å². The summed E-state index contributed by atoms with van der Waals surface area (Å²) in [5, 5.41) is 11.7. The molecule has 110 valence electrons. The molecule has 0 radical (unpaired) electrons. The van der Waals surface area contributed by atoms with Crippen molar-refractivity contribution in [2.45, 2.75) is 45.4 Å². The Morgan fingerprint density at radius 1 is 1.20 bits per heavy atom. The maximum atomic E-state index is 11.8. The Morgan fingerprint density at radius 3 is 2.55 bits per heavy atom. The zero-order valence-corrected chi connectivity index (χ0v) is 11.8. The number of benzene rings is 1. The molecule has 0 heterocycles. The second-order valence-electron chi connectivity index (χ2n) is 4.82. The Hall–Kier alpha value is -2.04. The van der Waals surface area contributed by atoms with Crippen molar-refractivity contribution in [2.75, 3.05) is 11.1 Å². The summed E-state index contributed by atoms with van der Waals surface area (Å²) in [4.78, 5) is 22.8. The highest BCUT2D eigenvalue weighted by Gasteiger charge is 2.12. The number of carbonyl (C=O) groups is 2. The van der Waals surface area contributed by atoms with Crippen LogP contribution in [0.25, 0.3) is 0 Å². The van der Waals surface area contributed by atoms with E-state index in [4.69, 9.17) is 10.8 Å². The third-order valence-corrected chi connectivity index (χ3v) is 3.06. The van der Waals surface area contributed by atoms with E-state index in [0.29, 0.717) is 12.1 Å². The van der Waals surface area contributed by atoms with Crippen LogP contribution in [0.15, 0.2) is 18.2 Å². The van der Waals surface area contributed by atoms with E-state index in [9.17, 15) is 9.59 Å². The summed E-state index contributed by atoms with van der Waals surface area (Å²) in [5.41, 5.74) is 6.35. The Kier molecular flexibility index (Phi) is 6.56. The lowest BCUT2D eigenvalue weighted by Crippen LogP contribution is -2.14. The number of nitrogens with one attached hydrogen (secondary N) is 1. The quantitative estimate of drug-likeness (QED) is 0.502. The topological polar surface area (TPSA) is 92.4 Å². The van der Waals surface area contributed by atoms with Crippen LogP contribution in [-0.4, -0.2) is 17.0 Å². The lowest BCUT2D eigenvalue weighted by atomic mass is 10.1. The molecule has 0 aromatic heterocycles. The molecule has 0 saturated carbocycles. The lowest BCUT2D eigenvalue weighted by Gasteiger charge is -2.09. The molecular formula is C15H22N2O3. The summed E-state index contributed by atoms with van der Waals surface area (Å²) in [5.74, 6) is -1.25. The molecule has 4 N–H and O–H groups in total. The van der Waals surface area contributed by atoms with Gasteiger partial charge >= 0.3 is 5.97 Å². The van der Waals surface area contributed by atoms with Crippen molar-refractivity contribution < 1.29 is 14.7 Å². The van der Waals surface area contributed by atoms with Crippen molar-refractivity contribution in [3.8, 4) is 0 Å². The Bertz CT molecular complexity index is 472. The van der Waals surface area contributed by atoms with Gasteiger partial charge in [-0.05, 0) is 24.6 Å². The fourth-order valence-corrected chi connectivity index (χ4v) is 1.95. The summed E-state index contributed by atoms with van der Waals surface area (Å²) in [6.07, 6.45) is 5.71. The van der Waals surface area contributed by atoms with Crippen molar-refractivity contribution in [1.29, 1.82) is 0 Å². The molecule has 0 aliphatic carbocycles. The second-order valence-corrected chi connectivity index (χ2v) is 4.82. The number of unbranched alkanes of at least 4 members (excludes halogenated alkanes) is 4. The van der Waals surface area contributed by atoms with Gasteiger partial charge in [0.05, 0.1) is 11.3 Å². The fourth-order valence-electron chi connectivity index (χ4n) is 1.95. The van der Waals surface area contributed by atoms with Gasteiger partial charge < -0.3 is 16.2 Å². The van der Waals surface area contributed by atoms with Crippen LogP contribution in [0.4, 0.5) is 11.4 Å². The van der Waals surface area contributed by atoms with E-state index in [2.05, 4.69) is 12.2 Å². The molecule has 1 amide bonds. The Balaban J connectivity index is 2.53. The molecule has 1 rings (SSSR count). The minimum atomic E-state index is -1.08. The standard InChI is InChI=1S/C15H22N2O3/c1-2-3-4-5-6-7-14(18)17-13-10-11(16)8-9-12(13)15(19)20/h8-10H,2-7,16H2,1H3,(H,17,18)(H,19,20). The molecule has 0 aliphatic heterocycles. The summed E-state index contributed by atoms with van der Waals surface area (Å²) in [6.45, 7) is 2.14. The molecule has 0 aliphatic rings. The van der Waals surface area contributed by atoms with Crippen molar-refractivity contribution in [1.82, 2.24) is 0 Å². The van der Waals surface area contributed by atoms with E-state index in [1.54, 1.807) is 0 Å².